The summed E-state index contributed by atoms with van der Waals surface area (Å²) < 4.78 is 70.2. The van der Waals surface area contributed by atoms with E-state index in [0.717, 1.165) is 6.33 Å². The first-order valence-electron chi connectivity index (χ1n) is 8.21. The molecule has 158 valence electrons. The number of carbonyl (C=O) groups excluding carboxylic acids is 1. The van der Waals surface area contributed by atoms with E-state index in [9.17, 15) is 26.4 Å². The number of halogens is 3. The van der Waals surface area contributed by atoms with E-state index >= 15 is 0 Å². The molecule has 0 saturated heterocycles. The van der Waals surface area contributed by atoms with E-state index in [0.29, 0.717) is 5.69 Å². The van der Waals surface area contributed by atoms with Crippen molar-refractivity contribution in [2.24, 2.45) is 0 Å². The van der Waals surface area contributed by atoms with Gasteiger partial charge in [-0.3, -0.25) is 0 Å². The first kappa shape index (κ1) is 22.7. The molecule has 0 bridgehead atoms. The lowest BCUT2D eigenvalue weighted by molar-refractivity contribution is -0.719. The second-order valence-electron chi connectivity index (χ2n) is 7.09. The summed E-state index contributed by atoms with van der Waals surface area (Å²) in [5, 5.41) is 0. The van der Waals surface area contributed by atoms with Crippen LogP contribution in [0.25, 0.3) is 0 Å². The fourth-order valence-electron chi connectivity index (χ4n) is 2.60. The Labute approximate surface area is 165 Å². The fourth-order valence-corrected chi connectivity index (χ4v) is 3.78. The van der Waals surface area contributed by atoms with Gasteiger partial charge in [-0.1, -0.05) is 0 Å². The maximum Gasteiger partial charge on any atom is 0.534 e. The molecule has 28 heavy (non-hydrogen) atoms. The summed E-state index contributed by atoms with van der Waals surface area (Å²) in [6.45, 7) is 5.61. The molecule has 1 amide bonds. The average Bonchev–Trinajstić information content (AvgIpc) is 2.73. The van der Waals surface area contributed by atoms with Gasteiger partial charge in [-0.25, -0.2) is 9.97 Å². The number of rotatable bonds is 3. The number of nitrogens with zero attached hydrogens (tertiary/aromatic N) is 3. The molecule has 0 spiro atoms. The molecule has 0 aromatic carbocycles. The van der Waals surface area contributed by atoms with Crippen LogP contribution in [-0.4, -0.2) is 58.8 Å². The molecule has 0 aliphatic carbocycles. The zero-order chi connectivity index (χ0) is 21.4. The average molecular weight is 444 g/mol. The molecular weight excluding hydrogens is 423 g/mol. The molecule has 1 aliphatic rings. The molecule has 0 N–H and O–H groups in total. The normalized spacial score (nSPS) is 20.8. The molecular formula is C15H21F3N3O5S2+. The summed E-state index contributed by atoms with van der Waals surface area (Å²) in [7, 11) is -5.86. The standard InChI is InChI=1S/C15H21F3N3O5S2/c1-14(2,3)25-13(22)21(27-4)7-5-10-11(6-8-21)19-9-20-12(10)26-28(23,24)15(16,17)18/h9H,5-8H2,1-4H3/q+1. The monoisotopic (exact) mass is 444 g/mol. The number of aromatic nitrogens is 2. The SMILES string of the molecule is CS[N+]1(C(=O)OC(C)(C)C)CCc2ncnc(OS(=O)(=O)C(F)(F)F)c2CC1. The number of amides is 1. The van der Waals surface area contributed by atoms with Crippen LogP contribution in [0.1, 0.15) is 32.0 Å². The van der Waals surface area contributed by atoms with Crippen molar-refractivity contribution in [1.29, 1.82) is 0 Å². The largest absolute Gasteiger partial charge is 0.534 e. The lowest BCUT2D eigenvalue weighted by Crippen LogP contribution is -2.50. The van der Waals surface area contributed by atoms with Gasteiger partial charge in [-0.15, -0.1) is 0 Å². The van der Waals surface area contributed by atoms with Crippen LogP contribution < -0.4 is 4.18 Å². The highest BCUT2D eigenvalue weighted by atomic mass is 32.2. The molecule has 13 heteroatoms. The van der Waals surface area contributed by atoms with Crippen molar-refractivity contribution in [3.8, 4) is 5.88 Å². The molecule has 1 aromatic rings. The van der Waals surface area contributed by atoms with Gasteiger partial charge in [0.05, 0.1) is 17.6 Å². The van der Waals surface area contributed by atoms with Crippen LogP contribution in [0.5, 0.6) is 5.88 Å². The summed E-state index contributed by atoms with van der Waals surface area (Å²) in [6, 6.07) is 0. The summed E-state index contributed by atoms with van der Waals surface area (Å²) >= 11 is 1.22. The summed E-state index contributed by atoms with van der Waals surface area (Å²) in [4.78, 5) is 20.3. The number of hydrogen-bond acceptors (Lipinski definition) is 8. The molecule has 1 aromatic heterocycles. The van der Waals surface area contributed by atoms with Gasteiger partial charge >= 0.3 is 21.7 Å². The van der Waals surface area contributed by atoms with Gasteiger partial charge in [0, 0.05) is 24.7 Å². The van der Waals surface area contributed by atoms with E-state index in [-0.39, 0.29) is 35.4 Å². The minimum atomic E-state index is -5.86. The van der Waals surface area contributed by atoms with Crippen LogP contribution >= 0.6 is 11.9 Å². The molecule has 1 atom stereocenters. The molecule has 8 nitrogen and oxygen atoms in total. The molecule has 2 heterocycles. The highest BCUT2D eigenvalue weighted by molar-refractivity contribution is 7.93. The Balaban J connectivity index is 2.34. The molecule has 1 aliphatic heterocycles. The van der Waals surface area contributed by atoms with E-state index in [1.807, 2.05) is 0 Å². The highest BCUT2D eigenvalue weighted by Crippen LogP contribution is 2.34. The van der Waals surface area contributed by atoms with Gasteiger partial charge in [0.2, 0.25) is 5.88 Å². The third-order valence-corrected chi connectivity index (χ3v) is 6.13. The summed E-state index contributed by atoms with van der Waals surface area (Å²) in [5.41, 5.74) is -5.83. The second kappa shape index (κ2) is 7.67. The summed E-state index contributed by atoms with van der Waals surface area (Å²) in [6.07, 6.45) is 2.41. The number of carbonyl (C=O) groups is 1. The van der Waals surface area contributed by atoms with Gasteiger partial charge in [0.15, 0.2) is 0 Å². The first-order valence-corrected chi connectivity index (χ1v) is 10.8. The van der Waals surface area contributed by atoms with Crippen molar-refractivity contribution in [3.63, 3.8) is 0 Å². The minimum absolute atomic E-state index is 0.0406. The number of ether oxygens (including phenoxy) is 1. The Bertz CT molecular complexity index is 855. The van der Waals surface area contributed by atoms with E-state index in [1.54, 1.807) is 27.0 Å². The number of alkyl halides is 3. The van der Waals surface area contributed by atoms with Crippen LogP contribution in [0.2, 0.25) is 0 Å². The van der Waals surface area contributed by atoms with Crippen molar-refractivity contribution in [3.05, 3.63) is 17.6 Å². The predicted molar refractivity (Wildman–Crippen MR) is 94.8 cm³/mol. The van der Waals surface area contributed by atoms with Crippen molar-refractivity contribution in [1.82, 2.24) is 9.97 Å². The van der Waals surface area contributed by atoms with Gasteiger partial charge in [-0.2, -0.15) is 30.3 Å². The third-order valence-electron chi connectivity index (χ3n) is 3.98. The predicted octanol–water partition coefficient (Wildman–Crippen LogP) is 2.83. The van der Waals surface area contributed by atoms with Crippen LogP contribution in [0.15, 0.2) is 6.33 Å². The van der Waals surface area contributed by atoms with Gasteiger partial charge < -0.3 is 8.92 Å². The number of quaternary nitrogens is 1. The van der Waals surface area contributed by atoms with E-state index in [4.69, 9.17) is 4.74 Å². The lowest BCUT2D eigenvalue weighted by atomic mass is 10.1. The smallest absolute Gasteiger partial charge is 0.414 e. The molecule has 0 radical (unpaired) electrons. The van der Waals surface area contributed by atoms with Crippen molar-refractivity contribution in [2.75, 3.05) is 19.3 Å². The van der Waals surface area contributed by atoms with Crippen LogP contribution in [0.3, 0.4) is 0 Å². The molecule has 1 unspecified atom stereocenters. The van der Waals surface area contributed by atoms with Crippen LogP contribution in [-0.2, 0) is 27.7 Å². The highest BCUT2D eigenvalue weighted by Gasteiger charge is 2.50. The fraction of sp³-hybridized carbons (Fsp3) is 0.667. The molecule has 0 fully saturated rings. The Morgan fingerprint density at radius 2 is 1.79 bits per heavy atom. The topological polar surface area (TPSA) is 95.4 Å². The third kappa shape index (κ3) is 4.87. The van der Waals surface area contributed by atoms with E-state index in [1.165, 1.54) is 11.9 Å². The van der Waals surface area contributed by atoms with Crippen molar-refractivity contribution >= 4 is 28.2 Å². The Morgan fingerprint density at radius 1 is 1.18 bits per heavy atom. The Kier molecular flexibility index (Phi) is 6.22. The zero-order valence-electron chi connectivity index (χ0n) is 15.7. The van der Waals surface area contributed by atoms with Crippen molar-refractivity contribution < 1.29 is 39.2 Å². The zero-order valence-corrected chi connectivity index (χ0v) is 17.4. The van der Waals surface area contributed by atoms with Gasteiger partial charge in [-0.05, 0) is 20.8 Å². The van der Waals surface area contributed by atoms with Gasteiger partial charge in [0.1, 0.15) is 25.0 Å². The van der Waals surface area contributed by atoms with Crippen LogP contribution in [0, 0.1) is 0 Å². The summed E-state index contributed by atoms with van der Waals surface area (Å²) in [5.74, 6) is -0.674. The van der Waals surface area contributed by atoms with E-state index in [2.05, 4.69) is 14.2 Å². The maximum atomic E-state index is 12.7. The maximum absolute atomic E-state index is 12.7. The lowest BCUT2D eigenvalue weighted by Gasteiger charge is -2.32. The minimum Gasteiger partial charge on any atom is -0.414 e. The van der Waals surface area contributed by atoms with E-state index < -0.39 is 33.2 Å². The van der Waals surface area contributed by atoms with Crippen LogP contribution in [0.4, 0.5) is 18.0 Å². The molecule has 0 saturated carbocycles. The molecule has 2 rings (SSSR count). The van der Waals surface area contributed by atoms with Crippen molar-refractivity contribution in [2.45, 2.75) is 44.7 Å². The Morgan fingerprint density at radius 3 is 2.32 bits per heavy atom. The Hall–Kier alpha value is -1.60. The second-order valence-corrected chi connectivity index (χ2v) is 9.69. The van der Waals surface area contributed by atoms with Gasteiger partial charge in [0.25, 0.3) is 0 Å². The first-order chi connectivity index (χ1) is 12.7. The quantitative estimate of drug-likeness (QED) is 0.304. The number of fused-ring (bicyclic) bond motifs is 1. The number of hydrogen-bond donors (Lipinski definition) is 0.